The van der Waals surface area contributed by atoms with E-state index in [0.29, 0.717) is 27.6 Å². The van der Waals surface area contributed by atoms with Gasteiger partial charge in [-0.15, -0.1) is 0 Å². The van der Waals surface area contributed by atoms with Crippen molar-refractivity contribution in [2.45, 2.75) is 19.3 Å². The number of hydrogen-bond acceptors (Lipinski definition) is 3. The highest BCUT2D eigenvalue weighted by Crippen LogP contribution is 2.46. The van der Waals surface area contributed by atoms with Gasteiger partial charge in [-0.25, -0.2) is 0 Å². The van der Waals surface area contributed by atoms with Gasteiger partial charge < -0.3 is 15.0 Å². The topological polar surface area (TPSA) is 41.6 Å². The van der Waals surface area contributed by atoms with Crippen molar-refractivity contribution in [3.63, 3.8) is 0 Å². The Bertz CT molecular complexity index is 634. The Morgan fingerprint density at radius 1 is 1.23 bits per heavy atom. The summed E-state index contributed by atoms with van der Waals surface area (Å²) in [6.07, 6.45) is 2.93. The van der Waals surface area contributed by atoms with Crippen molar-refractivity contribution >= 4 is 34.8 Å². The molecule has 1 spiro atoms. The first-order chi connectivity index (χ1) is 10.6. The van der Waals surface area contributed by atoms with Crippen LogP contribution in [0.2, 0.25) is 10.0 Å². The maximum atomic E-state index is 12.1. The minimum Gasteiger partial charge on any atom is -0.381 e. The van der Waals surface area contributed by atoms with Crippen molar-refractivity contribution in [3.8, 4) is 0 Å². The third-order valence-corrected chi connectivity index (χ3v) is 5.85. The van der Waals surface area contributed by atoms with Gasteiger partial charge in [0.05, 0.1) is 16.3 Å². The first kappa shape index (κ1) is 14.6. The van der Waals surface area contributed by atoms with Crippen LogP contribution < -0.4 is 10.2 Å². The van der Waals surface area contributed by atoms with E-state index in [4.69, 9.17) is 27.9 Å². The van der Waals surface area contributed by atoms with E-state index in [9.17, 15) is 4.79 Å². The van der Waals surface area contributed by atoms with Gasteiger partial charge in [0, 0.05) is 43.3 Å². The molecule has 3 aliphatic rings. The third kappa shape index (κ3) is 2.20. The van der Waals surface area contributed by atoms with Crippen LogP contribution >= 0.6 is 23.2 Å². The fourth-order valence-electron chi connectivity index (χ4n) is 3.81. The molecular formula is C16H18Cl2N2O2. The van der Waals surface area contributed by atoms with E-state index in [1.54, 1.807) is 0 Å². The van der Waals surface area contributed by atoms with Gasteiger partial charge in [0.25, 0.3) is 5.91 Å². The zero-order valence-electron chi connectivity index (χ0n) is 12.3. The fraction of sp³-hybridized carbons (Fsp3) is 0.562. The average molecular weight is 341 g/mol. The molecule has 1 amide bonds. The molecule has 118 valence electrons. The summed E-state index contributed by atoms with van der Waals surface area (Å²) >= 11 is 12.9. The predicted molar refractivity (Wildman–Crippen MR) is 87.2 cm³/mol. The zero-order valence-corrected chi connectivity index (χ0v) is 13.8. The molecule has 0 aliphatic carbocycles. The number of carbonyl (C=O) groups is 1. The van der Waals surface area contributed by atoms with Crippen molar-refractivity contribution < 1.29 is 9.53 Å². The smallest absolute Gasteiger partial charge is 0.253 e. The second kappa shape index (κ2) is 5.29. The second-order valence-corrected chi connectivity index (χ2v) is 7.30. The zero-order chi connectivity index (χ0) is 15.3. The van der Waals surface area contributed by atoms with Crippen molar-refractivity contribution in [2.75, 3.05) is 37.7 Å². The van der Waals surface area contributed by atoms with E-state index in [2.05, 4.69) is 10.2 Å². The number of rotatable bonds is 1. The van der Waals surface area contributed by atoms with Crippen LogP contribution in [0.3, 0.4) is 0 Å². The molecule has 0 atom stereocenters. The number of ether oxygens (including phenoxy) is 1. The minimum absolute atomic E-state index is 0.115. The van der Waals surface area contributed by atoms with Gasteiger partial charge in [0.15, 0.2) is 0 Å². The normalized spacial score (nSPS) is 23.0. The summed E-state index contributed by atoms with van der Waals surface area (Å²) < 4.78 is 5.45. The Kier molecular flexibility index (Phi) is 3.51. The lowest BCUT2D eigenvalue weighted by molar-refractivity contribution is -0.000185. The van der Waals surface area contributed by atoms with Gasteiger partial charge in [0.1, 0.15) is 0 Å². The van der Waals surface area contributed by atoms with Crippen LogP contribution in [-0.4, -0.2) is 38.8 Å². The van der Waals surface area contributed by atoms with Gasteiger partial charge in [0.2, 0.25) is 0 Å². The fourth-order valence-corrected chi connectivity index (χ4v) is 4.47. The maximum Gasteiger partial charge on any atom is 0.253 e. The third-order valence-electron chi connectivity index (χ3n) is 5.13. The number of hydrogen-bond donors (Lipinski definition) is 1. The van der Waals surface area contributed by atoms with Crippen LogP contribution in [0.15, 0.2) is 6.07 Å². The summed E-state index contributed by atoms with van der Waals surface area (Å²) in [5, 5.41) is 4.04. The first-order valence-electron chi connectivity index (χ1n) is 7.71. The molecule has 6 heteroatoms. The molecule has 1 aromatic rings. The van der Waals surface area contributed by atoms with Gasteiger partial charge >= 0.3 is 0 Å². The number of nitrogens with one attached hydrogen (secondary N) is 1. The number of benzene rings is 1. The summed E-state index contributed by atoms with van der Waals surface area (Å²) in [6.45, 7) is 4.23. The van der Waals surface area contributed by atoms with E-state index in [-0.39, 0.29) is 5.91 Å². The van der Waals surface area contributed by atoms with Crippen molar-refractivity contribution in [2.24, 2.45) is 5.41 Å². The molecule has 4 rings (SSSR count). The number of anilines is 1. The summed E-state index contributed by atoms with van der Waals surface area (Å²) in [4.78, 5) is 14.4. The van der Waals surface area contributed by atoms with Crippen LogP contribution in [0.25, 0.3) is 0 Å². The molecule has 22 heavy (non-hydrogen) atoms. The molecule has 0 bridgehead atoms. The van der Waals surface area contributed by atoms with E-state index in [1.807, 2.05) is 6.07 Å². The highest BCUT2D eigenvalue weighted by atomic mass is 35.5. The number of amides is 1. The van der Waals surface area contributed by atoms with Crippen LogP contribution in [0, 0.1) is 5.41 Å². The number of carbonyl (C=O) groups excluding carboxylic acids is 1. The first-order valence-corrected chi connectivity index (χ1v) is 8.47. The van der Waals surface area contributed by atoms with Gasteiger partial charge in [-0.05, 0) is 30.9 Å². The standard InChI is InChI=1S/C16H18Cl2N2O2/c17-11-7-12(14(18)13-10(11)1-4-19-15(13)21)20-8-16(9-20)2-5-22-6-3-16/h7H,1-6,8-9H2,(H,19,21). The predicted octanol–water partition coefficient (Wildman–Crippen LogP) is 2.90. The van der Waals surface area contributed by atoms with E-state index >= 15 is 0 Å². The summed E-state index contributed by atoms with van der Waals surface area (Å²) in [6, 6.07) is 1.92. The molecular weight excluding hydrogens is 323 g/mol. The molecule has 1 N–H and O–H groups in total. The van der Waals surface area contributed by atoms with Crippen LogP contribution in [0.1, 0.15) is 28.8 Å². The molecule has 0 saturated carbocycles. The second-order valence-electron chi connectivity index (χ2n) is 6.52. The molecule has 0 radical (unpaired) electrons. The molecule has 3 aliphatic heterocycles. The van der Waals surface area contributed by atoms with E-state index < -0.39 is 0 Å². The van der Waals surface area contributed by atoms with Gasteiger partial charge in [-0.2, -0.15) is 0 Å². The molecule has 2 fully saturated rings. The Morgan fingerprint density at radius 2 is 1.95 bits per heavy atom. The summed E-state index contributed by atoms with van der Waals surface area (Å²) in [5.74, 6) is -0.115. The Labute approximate surface area is 139 Å². The monoisotopic (exact) mass is 340 g/mol. The Hall–Kier alpha value is -0.970. The van der Waals surface area contributed by atoms with Crippen LogP contribution in [0.5, 0.6) is 0 Å². The molecule has 4 nitrogen and oxygen atoms in total. The molecule has 2 saturated heterocycles. The quantitative estimate of drug-likeness (QED) is 0.854. The lowest BCUT2D eigenvalue weighted by Gasteiger charge is -2.53. The molecule has 3 heterocycles. The van der Waals surface area contributed by atoms with Gasteiger partial charge in [-0.3, -0.25) is 4.79 Å². The van der Waals surface area contributed by atoms with Crippen molar-refractivity contribution in [1.29, 1.82) is 0 Å². The molecule has 0 aromatic heterocycles. The Morgan fingerprint density at radius 3 is 2.68 bits per heavy atom. The maximum absolute atomic E-state index is 12.1. The molecule has 1 aromatic carbocycles. The van der Waals surface area contributed by atoms with Crippen molar-refractivity contribution in [1.82, 2.24) is 5.32 Å². The summed E-state index contributed by atoms with van der Waals surface area (Å²) in [5.41, 5.74) is 2.68. The highest BCUT2D eigenvalue weighted by molar-refractivity contribution is 6.39. The van der Waals surface area contributed by atoms with Gasteiger partial charge in [-0.1, -0.05) is 23.2 Å². The van der Waals surface area contributed by atoms with E-state index in [1.165, 1.54) is 0 Å². The SMILES string of the molecule is O=C1NCCc2c(Cl)cc(N3CC4(CCOCC4)C3)c(Cl)c21. The minimum atomic E-state index is -0.115. The van der Waals surface area contributed by atoms with Crippen LogP contribution in [0.4, 0.5) is 5.69 Å². The number of fused-ring (bicyclic) bond motifs is 1. The lowest BCUT2D eigenvalue weighted by atomic mass is 9.73. The van der Waals surface area contributed by atoms with Crippen molar-refractivity contribution in [3.05, 3.63) is 27.2 Å². The summed E-state index contributed by atoms with van der Waals surface area (Å²) in [7, 11) is 0. The lowest BCUT2D eigenvalue weighted by Crippen LogP contribution is -2.58. The number of halogens is 2. The average Bonchev–Trinajstić information content (AvgIpc) is 2.49. The largest absolute Gasteiger partial charge is 0.381 e. The van der Waals surface area contributed by atoms with E-state index in [0.717, 1.165) is 56.8 Å². The Balaban J connectivity index is 1.65. The highest BCUT2D eigenvalue weighted by Gasteiger charge is 2.45. The van der Waals surface area contributed by atoms with Crippen LogP contribution in [-0.2, 0) is 11.2 Å². The molecule has 0 unspecified atom stereocenters. The number of nitrogens with zero attached hydrogens (tertiary/aromatic N) is 1.